The van der Waals surface area contributed by atoms with Crippen LogP contribution in [0.25, 0.3) is 0 Å². The van der Waals surface area contributed by atoms with Crippen molar-refractivity contribution in [2.45, 2.75) is 122 Å². The van der Waals surface area contributed by atoms with Crippen molar-refractivity contribution in [1.29, 1.82) is 0 Å². The van der Waals surface area contributed by atoms with Crippen molar-refractivity contribution in [1.82, 2.24) is 26.6 Å². The van der Waals surface area contributed by atoms with Gasteiger partial charge in [0.25, 0.3) is 0 Å². The lowest BCUT2D eigenvalue weighted by atomic mass is 10.0. The summed E-state index contributed by atoms with van der Waals surface area (Å²) in [4.78, 5) is 81.2. The van der Waals surface area contributed by atoms with Gasteiger partial charge in [-0.05, 0) is 19.3 Å². The van der Waals surface area contributed by atoms with Gasteiger partial charge in [-0.1, -0.05) is 99.6 Å². The van der Waals surface area contributed by atoms with E-state index in [9.17, 15) is 38.7 Å². The molecular weight excluding hydrogens is 873 g/mol. The molecule has 0 fully saturated rings. The number of ether oxygens (including phenoxy) is 4. The van der Waals surface area contributed by atoms with Crippen molar-refractivity contribution in [3.63, 3.8) is 0 Å². The molecular formula is C39H70IN5O13. The number of alkyl halides is 1. The molecule has 0 aromatic rings. The molecule has 18 nitrogen and oxygen atoms in total. The molecule has 0 radical (unpaired) electrons. The molecule has 58 heavy (non-hydrogen) atoms. The number of carboxylic acid groups (broad SMARTS) is 2. The summed E-state index contributed by atoms with van der Waals surface area (Å²) < 4.78 is 21.5. The minimum atomic E-state index is -1.18. The lowest BCUT2D eigenvalue weighted by Crippen LogP contribution is -2.41. The first-order chi connectivity index (χ1) is 28.0. The first kappa shape index (κ1) is 54.9. The molecule has 1 atom stereocenters. The Kier molecular flexibility index (Phi) is 38.4. The average Bonchev–Trinajstić information content (AvgIpc) is 3.19. The van der Waals surface area contributed by atoms with Gasteiger partial charge < -0.3 is 55.7 Å². The summed E-state index contributed by atoms with van der Waals surface area (Å²) in [5, 5.41) is 31.2. The lowest BCUT2D eigenvalue weighted by molar-refractivity contribution is -0.142. The number of hydrogen-bond acceptors (Lipinski definition) is 11. The predicted molar refractivity (Wildman–Crippen MR) is 225 cm³/mol. The first-order valence-electron chi connectivity index (χ1n) is 20.7. The van der Waals surface area contributed by atoms with E-state index in [1.807, 2.05) is 22.6 Å². The zero-order valence-electron chi connectivity index (χ0n) is 34.3. The molecule has 5 amide bonds. The zero-order valence-corrected chi connectivity index (χ0v) is 36.4. The van der Waals surface area contributed by atoms with Crippen LogP contribution < -0.4 is 26.6 Å². The SMILES string of the molecule is O=C(O)CCCCCCCCCCCCCCCCC(=O)NC(CCC(=O)NCCOCCOCC(=O)NCCOCCOCC(=O)NCCNC(=O)CI)C(=O)O. The summed E-state index contributed by atoms with van der Waals surface area (Å²) in [5.74, 6) is -3.30. The van der Waals surface area contributed by atoms with E-state index in [1.165, 1.54) is 44.9 Å². The summed E-state index contributed by atoms with van der Waals surface area (Å²) in [6.45, 7) is 2.13. The molecule has 0 aromatic carbocycles. The Labute approximate surface area is 357 Å². The maximum Gasteiger partial charge on any atom is 0.326 e. The zero-order chi connectivity index (χ0) is 42.9. The fourth-order valence-electron chi connectivity index (χ4n) is 5.42. The molecule has 19 heteroatoms. The van der Waals surface area contributed by atoms with Crippen molar-refractivity contribution >= 4 is 64.1 Å². The minimum absolute atomic E-state index is 0.0270. The molecule has 0 saturated heterocycles. The predicted octanol–water partition coefficient (Wildman–Crippen LogP) is 2.63. The van der Waals surface area contributed by atoms with Crippen LogP contribution in [0, 0.1) is 0 Å². The quantitative estimate of drug-likeness (QED) is 0.0264. The number of aliphatic carboxylic acids is 2. The maximum absolute atomic E-state index is 12.3. The molecule has 1 unspecified atom stereocenters. The Morgan fingerprint density at radius 1 is 0.431 bits per heavy atom. The van der Waals surface area contributed by atoms with Crippen LogP contribution in [0.15, 0.2) is 0 Å². The van der Waals surface area contributed by atoms with Gasteiger partial charge in [-0.2, -0.15) is 0 Å². The van der Waals surface area contributed by atoms with E-state index in [-0.39, 0.29) is 121 Å². The lowest BCUT2D eigenvalue weighted by Gasteiger charge is -2.14. The van der Waals surface area contributed by atoms with Crippen LogP contribution in [0.5, 0.6) is 0 Å². The molecule has 0 aliphatic carbocycles. The van der Waals surface area contributed by atoms with Gasteiger partial charge in [-0.25, -0.2) is 4.79 Å². The van der Waals surface area contributed by atoms with E-state index >= 15 is 0 Å². The highest BCUT2D eigenvalue weighted by Crippen LogP contribution is 2.14. The molecule has 7 N–H and O–H groups in total. The summed E-state index contributed by atoms with van der Waals surface area (Å²) in [6.07, 6.45) is 15.5. The van der Waals surface area contributed by atoms with Gasteiger partial charge in [0.2, 0.25) is 29.5 Å². The van der Waals surface area contributed by atoms with Gasteiger partial charge >= 0.3 is 11.9 Å². The first-order valence-corrected chi connectivity index (χ1v) is 22.2. The third kappa shape index (κ3) is 39.7. The van der Waals surface area contributed by atoms with Crippen LogP contribution in [0.1, 0.15) is 116 Å². The Balaban J connectivity index is 3.65. The Morgan fingerprint density at radius 2 is 0.828 bits per heavy atom. The number of amides is 5. The molecule has 0 bridgehead atoms. The van der Waals surface area contributed by atoms with Gasteiger partial charge in [0.1, 0.15) is 19.3 Å². The van der Waals surface area contributed by atoms with E-state index in [2.05, 4.69) is 26.6 Å². The standard InChI is InChI=1S/C39H70IN5O13/c40-29-35(48)41-19-20-42-36(49)30-57-27-26-56-24-22-44-37(50)31-58-28-25-55-23-21-43-33(46)18-17-32(39(53)54)45-34(47)15-13-11-9-7-5-3-1-2-4-6-8-10-12-14-16-38(51)52/h32H,1-31H2,(H,41,48)(H,42,49)(H,43,46)(H,44,50)(H,45,47)(H,51,52)(H,53,54). The second-order valence-corrected chi connectivity index (χ2v) is 14.5. The highest BCUT2D eigenvalue weighted by molar-refractivity contribution is 14.1. The summed E-state index contributed by atoms with van der Waals surface area (Å²) in [7, 11) is 0. The molecule has 0 aromatic heterocycles. The number of halogens is 1. The second-order valence-electron chi connectivity index (χ2n) is 13.7. The minimum Gasteiger partial charge on any atom is -0.481 e. The summed E-state index contributed by atoms with van der Waals surface area (Å²) >= 11 is 1.95. The van der Waals surface area contributed by atoms with Gasteiger partial charge in [0, 0.05) is 45.4 Å². The van der Waals surface area contributed by atoms with Crippen LogP contribution in [-0.4, -0.2) is 141 Å². The van der Waals surface area contributed by atoms with Crippen molar-refractivity contribution < 1.29 is 62.7 Å². The van der Waals surface area contributed by atoms with Crippen molar-refractivity contribution in [2.24, 2.45) is 0 Å². The van der Waals surface area contributed by atoms with E-state index in [0.717, 1.165) is 38.5 Å². The average molecular weight is 944 g/mol. The molecule has 0 rings (SSSR count). The van der Waals surface area contributed by atoms with Gasteiger partial charge in [0.15, 0.2) is 0 Å². The molecule has 0 aliphatic rings. The van der Waals surface area contributed by atoms with Gasteiger partial charge in [-0.3, -0.25) is 28.8 Å². The molecule has 336 valence electrons. The molecule has 0 aliphatic heterocycles. The number of carbonyl (C=O) groups excluding carboxylic acids is 5. The summed E-state index contributed by atoms with van der Waals surface area (Å²) in [6, 6.07) is -1.14. The van der Waals surface area contributed by atoms with Gasteiger partial charge in [-0.15, -0.1) is 0 Å². The number of rotatable bonds is 42. The number of unbranched alkanes of at least 4 members (excludes halogenated alkanes) is 13. The fraction of sp³-hybridized carbons (Fsp3) is 0.821. The maximum atomic E-state index is 12.3. The summed E-state index contributed by atoms with van der Waals surface area (Å²) in [5.41, 5.74) is 0. The number of hydrogen-bond donors (Lipinski definition) is 7. The third-order valence-corrected chi connectivity index (χ3v) is 9.27. The number of carboxylic acids is 2. The van der Waals surface area contributed by atoms with Crippen molar-refractivity contribution in [3.05, 3.63) is 0 Å². The smallest absolute Gasteiger partial charge is 0.326 e. The number of nitrogens with one attached hydrogen (secondary N) is 5. The Morgan fingerprint density at radius 3 is 1.28 bits per heavy atom. The van der Waals surface area contributed by atoms with Crippen LogP contribution in [0.3, 0.4) is 0 Å². The van der Waals surface area contributed by atoms with Gasteiger partial charge in [0.05, 0.1) is 44.1 Å². The van der Waals surface area contributed by atoms with Crippen LogP contribution in [-0.2, 0) is 52.5 Å². The normalized spacial score (nSPS) is 11.4. The Bertz CT molecular complexity index is 1140. The molecule has 0 spiro atoms. The van der Waals surface area contributed by atoms with Crippen LogP contribution in [0.2, 0.25) is 0 Å². The van der Waals surface area contributed by atoms with E-state index < -0.39 is 18.0 Å². The van der Waals surface area contributed by atoms with Crippen molar-refractivity contribution in [3.8, 4) is 0 Å². The highest BCUT2D eigenvalue weighted by atomic mass is 127. The Hall–Kier alpha value is -3.14. The van der Waals surface area contributed by atoms with Crippen molar-refractivity contribution in [2.75, 3.05) is 83.5 Å². The van der Waals surface area contributed by atoms with Crippen LogP contribution in [0.4, 0.5) is 0 Å². The highest BCUT2D eigenvalue weighted by Gasteiger charge is 2.20. The second kappa shape index (κ2) is 40.6. The molecule has 0 heterocycles. The largest absolute Gasteiger partial charge is 0.481 e. The number of carbonyl (C=O) groups is 7. The van der Waals surface area contributed by atoms with E-state index in [1.54, 1.807) is 0 Å². The van der Waals surface area contributed by atoms with Crippen LogP contribution >= 0.6 is 22.6 Å². The monoisotopic (exact) mass is 943 g/mol. The van der Waals surface area contributed by atoms with E-state index in [0.29, 0.717) is 23.9 Å². The fourth-order valence-corrected chi connectivity index (χ4v) is 5.69. The third-order valence-electron chi connectivity index (χ3n) is 8.58. The van der Waals surface area contributed by atoms with E-state index in [4.69, 9.17) is 24.1 Å². The molecule has 0 saturated carbocycles. The topological polar surface area (TPSA) is 257 Å².